The Kier molecular flexibility index (Phi) is 5.70. The molecule has 5 nitrogen and oxygen atoms in total. The standard InChI is InChI=1S/C22H24N2O3/c1-21(2,3)17-12-8-16(9-13-17)19(25)24-22(4,20(26)27-5)18-10-6-15(14-23)7-11-18/h6-13H,1-5H3,(H,24,25)/t22-/m0/s1. The van der Waals surface area contributed by atoms with Crippen LogP contribution in [0.25, 0.3) is 0 Å². The van der Waals surface area contributed by atoms with Crippen molar-refractivity contribution < 1.29 is 14.3 Å². The van der Waals surface area contributed by atoms with E-state index in [0.29, 0.717) is 16.7 Å². The van der Waals surface area contributed by atoms with Crippen LogP contribution in [0.3, 0.4) is 0 Å². The van der Waals surface area contributed by atoms with Crippen molar-refractivity contribution in [3.8, 4) is 6.07 Å². The van der Waals surface area contributed by atoms with Crippen LogP contribution in [-0.2, 0) is 20.5 Å². The predicted octanol–water partition coefficient (Wildman–Crippen LogP) is 3.67. The number of carbonyl (C=O) groups excluding carboxylic acids is 2. The molecule has 0 heterocycles. The Bertz CT molecular complexity index is 872. The van der Waals surface area contributed by atoms with Gasteiger partial charge in [0.05, 0.1) is 18.7 Å². The average Bonchev–Trinajstić information content (AvgIpc) is 2.66. The maximum absolute atomic E-state index is 12.8. The normalized spacial score (nSPS) is 13.2. The van der Waals surface area contributed by atoms with Gasteiger partial charge in [-0.2, -0.15) is 5.26 Å². The summed E-state index contributed by atoms with van der Waals surface area (Å²) >= 11 is 0. The van der Waals surface area contributed by atoms with Crippen molar-refractivity contribution >= 4 is 11.9 Å². The van der Waals surface area contributed by atoms with Gasteiger partial charge < -0.3 is 10.1 Å². The zero-order chi connectivity index (χ0) is 20.2. The number of hydrogen-bond acceptors (Lipinski definition) is 4. The molecule has 0 aliphatic heterocycles. The summed E-state index contributed by atoms with van der Waals surface area (Å²) in [6, 6.07) is 15.8. The van der Waals surface area contributed by atoms with Crippen LogP contribution >= 0.6 is 0 Å². The molecule has 0 radical (unpaired) electrons. The molecule has 0 saturated carbocycles. The molecule has 0 spiro atoms. The highest BCUT2D eigenvalue weighted by Crippen LogP contribution is 2.25. The zero-order valence-corrected chi connectivity index (χ0v) is 16.3. The highest BCUT2D eigenvalue weighted by molar-refractivity contribution is 5.98. The summed E-state index contributed by atoms with van der Waals surface area (Å²) < 4.78 is 4.91. The van der Waals surface area contributed by atoms with E-state index in [0.717, 1.165) is 5.56 Å². The summed E-state index contributed by atoms with van der Waals surface area (Å²) in [5.74, 6) is -0.973. The van der Waals surface area contributed by atoms with E-state index in [9.17, 15) is 9.59 Å². The second-order valence-corrected chi connectivity index (χ2v) is 7.59. The Labute approximate surface area is 160 Å². The highest BCUT2D eigenvalue weighted by atomic mass is 16.5. The fourth-order valence-electron chi connectivity index (χ4n) is 2.74. The molecular formula is C22H24N2O3. The maximum atomic E-state index is 12.8. The van der Waals surface area contributed by atoms with Gasteiger partial charge in [-0.25, -0.2) is 4.79 Å². The van der Waals surface area contributed by atoms with Crippen LogP contribution in [-0.4, -0.2) is 19.0 Å². The van der Waals surface area contributed by atoms with E-state index >= 15 is 0 Å². The Morgan fingerprint density at radius 2 is 1.44 bits per heavy atom. The number of benzene rings is 2. The number of nitrogens with one attached hydrogen (secondary N) is 1. The number of nitriles is 1. The number of esters is 1. The van der Waals surface area contributed by atoms with Crippen LogP contribution in [0.4, 0.5) is 0 Å². The molecule has 0 aromatic heterocycles. The first-order valence-corrected chi connectivity index (χ1v) is 8.64. The van der Waals surface area contributed by atoms with E-state index in [1.54, 1.807) is 43.3 Å². The summed E-state index contributed by atoms with van der Waals surface area (Å²) in [4.78, 5) is 25.2. The van der Waals surface area contributed by atoms with Gasteiger partial charge in [0, 0.05) is 5.56 Å². The minimum atomic E-state index is -1.37. The lowest BCUT2D eigenvalue weighted by molar-refractivity contribution is -0.148. The molecule has 0 aliphatic rings. The summed E-state index contributed by atoms with van der Waals surface area (Å²) in [5.41, 5.74) is 1.18. The van der Waals surface area contributed by atoms with Gasteiger partial charge in [0.2, 0.25) is 0 Å². The van der Waals surface area contributed by atoms with Crippen molar-refractivity contribution in [2.75, 3.05) is 7.11 Å². The van der Waals surface area contributed by atoms with Crippen molar-refractivity contribution in [2.45, 2.75) is 38.6 Å². The third kappa shape index (κ3) is 4.35. The number of ether oxygens (including phenoxy) is 1. The SMILES string of the molecule is COC(=O)[C@@](C)(NC(=O)c1ccc(C(C)(C)C)cc1)c1ccc(C#N)cc1. The number of rotatable bonds is 4. The van der Waals surface area contributed by atoms with Gasteiger partial charge in [0.15, 0.2) is 5.54 Å². The molecule has 1 N–H and O–H groups in total. The van der Waals surface area contributed by atoms with Crippen LogP contribution in [0.2, 0.25) is 0 Å². The maximum Gasteiger partial charge on any atom is 0.336 e. The van der Waals surface area contributed by atoms with E-state index in [4.69, 9.17) is 10.00 Å². The van der Waals surface area contributed by atoms with Gasteiger partial charge in [-0.3, -0.25) is 4.79 Å². The topological polar surface area (TPSA) is 79.2 Å². The molecule has 0 saturated heterocycles. The lowest BCUT2D eigenvalue weighted by Crippen LogP contribution is -2.50. The zero-order valence-electron chi connectivity index (χ0n) is 16.3. The molecule has 2 aromatic carbocycles. The Hall–Kier alpha value is -3.13. The number of methoxy groups -OCH3 is 1. The van der Waals surface area contributed by atoms with Crippen LogP contribution in [0.5, 0.6) is 0 Å². The second kappa shape index (κ2) is 7.63. The quantitative estimate of drug-likeness (QED) is 0.840. The molecule has 0 bridgehead atoms. The first-order chi connectivity index (χ1) is 12.6. The molecule has 0 unspecified atom stereocenters. The summed E-state index contributed by atoms with van der Waals surface area (Å²) in [6.45, 7) is 7.88. The number of hydrogen-bond donors (Lipinski definition) is 1. The van der Waals surface area contributed by atoms with Crippen molar-refractivity contribution in [1.82, 2.24) is 5.32 Å². The average molecular weight is 364 g/mol. The van der Waals surface area contributed by atoms with Gasteiger partial charge in [-0.05, 0) is 47.7 Å². The van der Waals surface area contributed by atoms with E-state index in [1.165, 1.54) is 7.11 Å². The Morgan fingerprint density at radius 3 is 1.89 bits per heavy atom. The molecule has 140 valence electrons. The third-order valence-corrected chi connectivity index (χ3v) is 4.56. The van der Waals surface area contributed by atoms with E-state index < -0.39 is 11.5 Å². The summed E-state index contributed by atoms with van der Waals surface area (Å²) in [6.07, 6.45) is 0. The number of amides is 1. The fraction of sp³-hybridized carbons (Fsp3) is 0.318. The second-order valence-electron chi connectivity index (χ2n) is 7.59. The van der Waals surface area contributed by atoms with Crippen LogP contribution in [0.15, 0.2) is 48.5 Å². The Morgan fingerprint density at radius 1 is 0.926 bits per heavy atom. The number of carbonyl (C=O) groups is 2. The van der Waals surface area contributed by atoms with E-state index in [-0.39, 0.29) is 11.3 Å². The molecule has 0 fully saturated rings. The molecule has 1 amide bonds. The largest absolute Gasteiger partial charge is 0.467 e. The molecule has 2 rings (SSSR count). The first-order valence-electron chi connectivity index (χ1n) is 8.64. The third-order valence-electron chi connectivity index (χ3n) is 4.56. The lowest BCUT2D eigenvalue weighted by atomic mass is 9.86. The molecule has 0 aliphatic carbocycles. The molecular weight excluding hydrogens is 340 g/mol. The summed E-state index contributed by atoms with van der Waals surface area (Å²) in [7, 11) is 1.27. The van der Waals surface area contributed by atoms with Crippen LogP contribution in [0.1, 0.15) is 54.7 Å². The van der Waals surface area contributed by atoms with Crippen molar-refractivity contribution in [2.24, 2.45) is 0 Å². The van der Waals surface area contributed by atoms with Gasteiger partial charge in [0.25, 0.3) is 5.91 Å². The van der Waals surface area contributed by atoms with Gasteiger partial charge in [-0.15, -0.1) is 0 Å². The highest BCUT2D eigenvalue weighted by Gasteiger charge is 2.38. The first kappa shape index (κ1) is 20.2. The number of nitrogens with zero attached hydrogens (tertiary/aromatic N) is 1. The minimum absolute atomic E-state index is 0.0158. The van der Waals surface area contributed by atoms with Crippen molar-refractivity contribution in [3.05, 3.63) is 70.8 Å². The van der Waals surface area contributed by atoms with Gasteiger partial charge in [0.1, 0.15) is 0 Å². The van der Waals surface area contributed by atoms with Crippen molar-refractivity contribution in [1.29, 1.82) is 5.26 Å². The molecule has 5 heteroatoms. The monoisotopic (exact) mass is 364 g/mol. The van der Waals surface area contributed by atoms with Crippen LogP contribution < -0.4 is 5.32 Å². The lowest BCUT2D eigenvalue weighted by Gasteiger charge is -2.28. The minimum Gasteiger partial charge on any atom is -0.467 e. The summed E-state index contributed by atoms with van der Waals surface area (Å²) in [5, 5.41) is 11.7. The molecule has 27 heavy (non-hydrogen) atoms. The Balaban J connectivity index is 2.34. The van der Waals surface area contributed by atoms with Crippen molar-refractivity contribution in [3.63, 3.8) is 0 Å². The van der Waals surface area contributed by atoms with Gasteiger partial charge >= 0.3 is 5.97 Å². The molecule has 2 aromatic rings. The smallest absolute Gasteiger partial charge is 0.336 e. The van der Waals surface area contributed by atoms with E-state index in [1.807, 2.05) is 18.2 Å². The predicted molar refractivity (Wildman–Crippen MR) is 103 cm³/mol. The fourth-order valence-corrected chi connectivity index (χ4v) is 2.74. The molecule has 1 atom stereocenters. The van der Waals surface area contributed by atoms with E-state index in [2.05, 4.69) is 26.1 Å². The van der Waals surface area contributed by atoms with Gasteiger partial charge in [-0.1, -0.05) is 45.0 Å². The van der Waals surface area contributed by atoms with Crippen LogP contribution in [0, 0.1) is 11.3 Å².